The average molecular weight is 289 g/mol. The Labute approximate surface area is 126 Å². The zero-order chi connectivity index (χ0) is 13.1. The Morgan fingerprint density at radius 2 is 1.42 bits per heavy atom. The summed E-state index contributed by atoms with van der Waals surface area (Å²) >= 11 is 0. The Morgan fingerprint density at radius 1 is 0.895 bits per heavy atom. The van der Waals surface area contributed by atoms with E-state index in [0.29, 0.717) is 0 Å². The van der Waals surface area contributed by atoms with E-state index >= 15 is 0 Å². The van der Waals surface area contributed by atoms with E-state index in [0.717, 1.165) is 6.67 Å². The molecule has 0 aliphatic carbocycles. The molecule has 0 bridgehead atoms. The largest absolute Gasteiger partial charge is 1.00 e. The summed E-state index contributed by atoms with van der Waals surface area (Å²) in [6, 6.07) is 0. The van der Waals surface area contributed by atoms with Crippen LogP contribution in [-0.4, -0.2) is 25.2 Å². The van der Waals surface area contributed by atoms with Gasteiger partial charge in [-0.25, -0.2) is 0 Å². The van der Waals surface area contributed by atoms with Crippen molar-refractivity contribution in [2.75, 3.05) is 20.3 Å². The molecule has 0 aromatic carbocycles. The first-order valence-corrected chi connectivity index (χ1v) is 8.06. The molecule has 0 saturated carbocycles. The Hall–Kier alpha value is -0.210. The molecule has 19 heavy (non-hydrogen) atoms. The molecule has 1 N–H and O–H groups in total. The molecule has 1 aliphatic rings. The lowest BCUT2D eigenvalue weighted by Crippen LogP contribution is -3.07. The summed E-state index contributed by atoms with van der Waals surface area (Å²) in [6.45, 7) is 4.77. The lowest BCUT2D eigenvalue weighted by atomic mass is 10.1. The van der Waals surface area contributed by atoms with Crippen molar-refractivity contribution in [2.45, 2.75) is 71.1 Å². The normalized spacial score (nSPS) is 17.8. The van der Waals surface area contributed by atoms with Gasteiger partial charge in [-0.05, 0) is 12.8 Å². The van der Waals surface area contributed by atoms with Gasteiger partial charge in [0.1, 0.15) is 6.20 Å². The third-order valence-electron chi connectivity index (χ3n) is 3.87. The van der Waals surface area contributed by atoms with Crippen molar-refractivity contribution in [3.63, 3.8) is 0 Å². The number of halogens is 1. The summed E-state index contributed by atoms with van der Waals surface area (Å²) in [6.07, 6.45) is 18.9. The lowest BCUT2D eigenvalue weighted by Gasteiger charge is -2.12. The molecule has 0 saturated heterocycles. The fraction of sp³-hybridized carbons (Fsp3) is 0.875. The minimum Gasteiger partial charge on any atom is -1.00 e. The molecule has 1 heterocycles. The predicted molar refractivity (Wildman–Crippen MR) is 79.4 cm³/mol. The van der Waals surface area contributed by atoms with Crippen LogP contribution < -0.4 is 17.3 Å². The second-order valence-corrected chi connectivity index (χ2v) is 5.82. The van der Waals surface area contributed by atoms with Gasteiger partial charge in [0.05, 0.1) is 12.7 Å². The molecule has 0 aromatic heterocycles. The van der Waals surface area contributed by atoms with E-state index in [1.807, 2.05) is 0 Å². The Morgan fingerprint density at radius 3 is 1.89 bits per heavy atom. The van der Waals surface area contributed by atoms with E-state index < -0.39 is 0 Å². The minimum absolute atomic E-state index is 0. The van der Waals surface area contributed by atoms with Crippen LogP contribution >= 0.6 is 0 Å². The first-order valence-electron chi connectivity index (χ1n) is 8.06. The zero-order valence-electron chi connectivity index (χ0n) is 13.0. The van der Waals surface area contributed by atoms with Gasteiger partial charge in [0, 0.05) is 7.05 Å². The summed E-state index contributed by atoms with van der Waals surface area (Å²) < 4.78 is 0. The van der Waals surface area contributed by atoms with Crippen LogP contribution in [0.1, 0.15) is 71.1 Å². The molecular weight excluding hydrogens is 256 g/mol. The number of nitrogens with one attached hydrogen (secondary N) is 1. The zero-order valence-corrected chi connectivity index (χ0v) is 13.7. The standard InChI is InChI=1S/C16H32N2.ClH/c1-3-4-5-6-7-8-9-10-11-12-13-18-15-14-17(2)16-18;/h14-15H,3-13,16H2,1-2H3;1H. The molecule has 2 nitrogen and oxygen atoms in total. The second-order valence-electron chi connectivity index (χ2n) is 5.82. The maximum absolute atomic E-state index is 2.30. The van der Waals surface area contributed by atoms with Gasteiger partial charge in [-0.2, -0.15) is 0 Å². The van der Waals surface area contributed by atoms with Gasteiger partial charge >= 0.3 is 0 Å². The predicted octanol–water partition coefficient (Wildman–Crippen LogP) is 0.170. The van der Waals surface area contributed by atoms with Crippen molar-refractivity contribution < 1.29 is 17.3 Å². The first-order chi connectivity index (χ1) is 8.83. The van der Waals surface area contributed by atoms with Crippen LogP contribution in [0.5, 0.6) is 0 Å². The number of rotatable bonds is 11. The summed E-state index contributed by atoms with van der Waals surface area (Å²) in [5, 5.41) is 0. The highest BCUT2D eigenvalue weighted by Crippen LogP contribution is 2.10. The van der Waals surface area contributed by atoms with Crippen LogP contribution in [-0.2, 0) is 0 Å². The smallest absolute Gasteiger partial charge is 0.156 e. The highest BCUT2D eigenvalue weighted by molar-refractivity contribution is 4.74. The molecule has 1 unspecified atom stereocenters. The van der Waals surface area contributed by atoms with Gasteiger partial charge in [0.15, 0.2) is 6.67 Å². The van der Waals surface area contributed by atoms with Crippen molar-refractivity contribution in [1.29, 1.82) is 0 Å². The van der Waals surface area contributed by atoms with Crippen LogP contribution in [0.2, 0.25) is 0 Å². The van der Waals surface area contributed by atoms with Gasteiger partial charge in [-0.15, -0.1) is 0 Å². The topological polar surface area (TPSA) is 7.68 Å². The van der Waals surface area contributed by atoms with Crippen molar-refractivity contribution in [3.05, 3.63) is 12.4 Å². The van der Waals surface area contributed by atoms with Crippen molar-refractivity contribution in [3.8, 4) is 0 Å². The first kappa shape index (κ1) is 18.8. The molecule has 0 amide bonds. The molecule has 0 spiro atoms. The highest BCUT2D eigenvalue weighted by Gasteiger charge is 2.12. The molecule has 0 radical (unpaired) electrons. The van der Waals surface area contributed by atoms with Crippen LogP contribution in [0, 0.1) is 0 Å². The number of quaternary nitrogens is 1. The number of unbranched alkanes of at least 4 members (excludes halogenated alkanes) is 9. The van der Waals surface area contributed by atoms with Gasteiger partial charge in [0.2, 0.25) is 0 Å². The van der Waals surface area contributed by atoms with Crippen molar-refractivity contribution >= 4 is 0 Å². The Bertz CT molecular complexity index is 219. The average Bonchev–Trinajstić information content (AvgIpc) is 2.77. The van der Waals surface area contributed by atoms with E-state index in [1.165, 1.54) is 70.8 Å². The van der Waals surface area contributed by atoms with E-state index in [9.17, 15) is 0 Å². The van der Waals surface area contributed by atoms with Crippen molar-refractivity contribution in [1.82, 2.24) is 4.90 Å². The van der Waals surface area contributed by atoms with Crippen LogP contribution in [0.25, 0.3) is 0 Å². The second kappa shape index (κ2) is 12.8. The van der Waals surface area contributed by atoms with E-state index in [-0.39, 0.29) is 12.4 Å². The Balaban J connectivity index is 0.00000324. The van der Waals surface area contributed by atoms with E-state index in [1.54, 1.807) is 4.90 Å². The van der Waals surface area contributed by atoms with Gasteiger partial charge in [0.25, 0.3) is 0 Å². The summed E-state index contributed by atoms with van der Waals surface area (Å²) in [4.78, 5) is 3.89. The molecule has 1 atom stereocenters. The van der Waals surface area contributed by atoms with Crippen LogP contribution in [0.15, 0.2) is 12.4 Å². The molecular formula is C16H33ClN2. The van der Waals surface area contributed by atoms with E-state index in [4.69, 9.17) is 0 Å². The summed E-state index contributed by atoms with van der Waals surface area (Å²) in [5.74, 6) is 0. The van der Waals surface area contributed by atoms with Gasteiger partial charge in [-0.1, -0.05) is 58.3 Å². The van der Waals surface area contributed by atoms with Crippen molar-refractivity contribution in [2.24, 2.45) is 0 Å². The quantitative estimate of drug-likeness (QED) is 0.533. The molecule has 114 valence electrons. The lowest BCUT2D eigenvalue weighted by molar-refractivity contribution is -0.848. The summed E-state index contributed by atoms with van der Waals surface area (Å²) in [7, 11) is 2.15. The van der Waals surface area contributed by atoms with Crippen LogP contribution in [0.4, 0.5) is 0 Å². The molecule has 1 aliphatic heterocycles. The van der Waals surface area contributed by atoms with Gasteiger partial charge in [-0.3, -0.25) is 4.90 Å². The monoisotopic (exact) mass is 288 g/mol. The van der Waals surface area contributed by atoms with Gasteiger partial charge < -0.3 is 17.3 Å². The fourth-order valence-electron chi connectivity index (χ4n) is 2.66. The number of nitrogens with zero attached hydrogens (tertiary/aromatic N) is 1. The third-order valence-corrected chi connectivity index (χ3v) is 3.87. The molecule has 3 heteroatoms. The maximum atomic E-state index is 2.30. The Kier molecular flexibility index (Phi) is 12.7. The third kappa shape index (κ3) is 10.3. The van der Waals surface area contributed by atoms with Crippen LogP contribution in [0.3, 0.4) is 0 Å². The fourth-order valence-corrected chi connectivity index (χ4v) is 2.66. The number of hydrogen-bond acceptors (Lipinski definition) is 1. The maximum Gasteiger partial charge on any atom is 0.156 e. The highest BCUT2D eigenvalue weighted by atomic mass is 35.5. The molecule has 0 aromatic rings. The van der Waals surface area contributed by atoms with E-state index in [2.05, 4.69) is 31.3 Å². The molecule has 0 fully saturated rings. The minimum atomic E-state index is 0. The molecule has 1 rings (SSSR count). The summed E-state index contributed by atoms with van der Waals surface area (Å²) in [5.41, 5.74) is 0. The SMILES string of the molecule is CCCCCCCCCCCC[NH+]1C=CN(C)C1.[Cl-]. The number of hydrogen-bond donors (Lipinski definition) is 1.